The molecule has 84 valence electrons. The van der Waals surface area contributed by atoms with Crippen molar-refractivity contribution in [1.29, 1.82) is 5.26 Å². The first kappa shape index (κ1) is 11.5. The SMILES string of the molecule is CC1CN(Cc2ccc(C#N)cc2)CCS1. The van der Waals surface area contributed by atoms with Gasteiger partial charge in [-0.25, -0.2) is 0 Å². The zero-order valence-corrected chi connectivity index (χ0v) is 10.3. The third-order valence-electron chi connectivity index (χ3n) is 2.81. The van der Waals surface area contributed by atoms with Crippen LogP contribution in [-0.4, -0.2) is 29.0 Å². The summed E-state index contributed by atoms with van der Waals surface area (Å²) in [6.07, 6.45) is 0. The van der Waals surface area contributed by atoms with Crippen molar-refractivity contribution in [2.45, 2.75) is 18.7 Å². The maximum absolute atomic E-state index is 8.72. The number of thioether (sulfide) groups is 1. The minimum atomic E-state index is 0.742. The van der Waals surface area contributed by atoms with E-state index in [1.165, 1.54) is 24.4 Å². The fourth-order valence-electron chi connectivity index (χ4n) is 1.98. The third kappa shape index (κ3) is 3.01. The monoisotopic (exact) mass is 232 g/mol. The van der Waals surface area contributed by atoms with Crippen LogP contribution in [0.1, 0.15) is 18.1 Å². The van der Waals surface area contributed by atoms with Gasteiger partial charge in [0.15, 0.2) is 0 Å². The van der Waals surface area contributed by atoms with E-state index in [0.717, 1.165) is 17.4 Å². The molecule has 1 aliphatic rings. The molecule has 0 radical (unpaired) electrons. The quantitative estimate of drug-likeness (QED) is 0.784. The van der Waals surface area contributed by atoms with Crippen molar-refractivity contribution < 1.29 is 0 Å². The summed E-state index contributed by atoms with van der Waals surface area (Å²) in [5.41, 5.74) is 2.05. The summed E-state index contributed by atoms with van der Waals surface area (Å²) in [5, 5.41) is 9.46. The Morgan fingerprint density at radius 2 is 2.19 bits per heavy atom. The van der Waals surface area contributed by atoms with Crippen LogP contribution in [-0.2, 0) is 6.54 Å². The molecule has 1 saturated heterocycles. The lowest BCUT2D eigenvalue weighted by atomic mass is 10.1. The second kappa shape index (κ2) is 5.38. The molecule has 1 aliphatic heterocycles. The molecule has 1 fully saturated rings. The summed E-state index contributed by atoms with van der Waals surface area (Å²) in [5.74, 6) is 1.23. The van der Waals surface area contributed by atoms with Crippen LogP contribution in [0.15, 0.2) is 24.3 Å². The molecule has 0 aliphatic carbocycles. The molecule has 0 saturated carbocycles. The fourth-order valence-corrected chi connectivity index (χ4v) is 3.06. The van der Waals surface area contributed by atoms with E-state index < -0.39 is 0 Å². The van der Waals surface area contributed by atoms with Crippen LogP contribution >= 0.6 is 11.8 Å². The Hall–Kier alpha value is -0.980. The number of hydrogen-bond donors (Lipinski definition) is 0. The number of rotatable bonds is 2. The largest absolute Gasteiger partial charge is 0.297 e. The van der Waals surface area contributed by atoms with Crippen LogP contribution in [0.3, 0.4) is 0 Å². The summed E-state index contributed by atoms with van der Waals surface area (Å²) in [7, 11) is 0. The highest BCUT2D eigenvalue weighted by molar-refractivity contribution is 7.99. The van der Waals surface area contributed by atoms with Gasteiger partial charge in [-0.05, 0) is 17.7 Å². The van der Waals surface area contributed by atoms with Crippen LogP contribution < -0.4 is 0 Å². The number of benzene rings is 1. The highest BCUT2D eigenvalue weighted by Gasteiger charge is 2.16. The van der Waals surface area contributed by atoms with Crippen molar-refractivity contribution in [3.05, 3.63) is 35.4 Å². The molecule has 3 heteroatoms. The first-order valence-electron chi connectivity index (χ1n) is 5.61. The van der Waals surface area contributed by atoms with Gasteiger partial charge >= 0.3 is 0 Å². The molecular formula is C13H16N2S. The third-order valence-corrected chi connectivity index (χ3v) is 3.95. The Balaban J connectivity index is 1.95. The Morgan fingerprint density at radius 3 is 2.81 bits per heavy atom. The summed E-state index contributed by atoms with van der Waals surface area (Å²) in [6, 6.07) is 10.1. The molecule has 1 atom stereocenters. The molecule has 1 aromatic carbocycles. The zero-order chi connectivity index (χ0) is 11.4. The lowest BCUT2D eigenvalue weighted by Gasteiger charge is -2.30. The average Bonchev–Trinajstić information content (AvgIpc) is 2.30. The average molecular weight is 232 g/mol. The second-order valence-electron chi connectivity index (χ2n) is 4.23. The van der Waals surface area contributed by atoms with Gasteiger partial charge in [0.1, 0.15) is 0 Å². The normalized spacial score (nSPS) is 21.6. The van der Waals surface area contributed by atoms with Crippen molar-refractivity contribution in [3.63, 3.8) is 0 Å². The highest BCUT2D eigenvalue weighted by Crippen LogP contribution is 2.19. The lowest BCUT2D eigenvalue weighted by Crippen LogP contribution is -2.35. The molecule has 0 spiro atoms. The number of nitriles is 1. The van der Waals surface area contributed by atoms with Gasteiger partial charge < -0.3 is 0 Å². The van der Waals surface area contributed by atoms with Crippen molar-refractivity contribution in [3.8, 4) is 6.07 Å². The second-order valence-corrected chi connectivity index (χ2v) is 5.77. The van der Waals surface area contributed by atoms with Crippen molar-refractivity contribution in [2.24, 2.45) is 0 Å². The minimum Gasteiger partial charge on any atom is -0.297 e. The standard InChI is InChI=1S/C13H16N2S/c1-11-9-15(6-7-16-11)10-13-4-2-12(8-14)3-5-13/h2-5,11H,6-7,9-10H2,1H3. The molecule has 0 aromatic heterocycles. The van der Waals surface area contributed by atoms with E-state index >= 15 is 0 Å². The number of nitrogens with zero attached hydrogens (tertiary/aromatic N) is 2. The molecule has 1 unspecified atom stereocenters. The fraction of sp³-hybridized carbons (Fsp3) is 0.462. The predicted octanol–water partition coefficient (Wildman–Crippen LogP) is 2.50. The summed E-state index contributed by atoms with van der Waals surface area (Å²) >= 11 is 2.05. The van der Waals surface area contributed by atoms with E-state index in [2.05, 4.69) is 41.8 Å². The predicted molar refractivity (Wildman–Crippen MR) is 68.4 cm³/mol. The summed E-state index contributed by atoms with van der Waals surface area (Å²) in [4.78, 5) is 2.49. The van der Waals surface area contributed by atoms with Crippen LogP contribution in [0.5, 0.6) is 0 Å². The number of hydrogen-bond acceptors (Lipinski definition) is 3. The van der Waals surface area contributed by atoms with Crippen LogP contribution in [0.2, 0.25) is 0 Å². The lowest BCUT2D eigenvalue weighted by molar-refractivity contribution is 0.278. The summed E-state index contributed by atoms with van der Waals surface area (Å²) in [6.45, 7) is 5.64. The Labute approximate surface area is 101 Å². The first-order chi connectivity index (χ1) is 7.78. The van der Waals surface area contributed by atoms with Gasteiger partial charge in [-0.1, -0.05) is 19.1 Å². The van der Waals surface area contributed by atoms with Gasteiger partial charge in [0.2, 0.25) is 0 Å². The van der Waals surface area contributed by atoms with Gasteiger partial charge in [-0.2, -0.15) is 17.0 Å². The molecule has 2 nitrogen and oxygen atoms in total. The van der Waals surface area contributed by atoms with Crippen molar-refractivity contribution >= 4 is 11.8 Å². The molecule has 0 N–H and O–H groups in total. The smallest absolute Gasteiger partial charge is 0.0991 e. The molecular weight excluding hydrogens is 216 g/mol. The topological polar surface area (TPSA) is 27.0 Å². The van der Waals surface area contributed by atoms with Gasteiger partial charge in [0.25, 0.3) is 0 Å². The first-order valence-corrected chi connectivity index (χ1v) is 6.66. The Morgan fingerprint density at radius 1 is 1.44 bits per heavy atom. The van der Waals surface area contributed by atoms with Gasteiger partial charge in [0.05, 0.1) is 11.6 Å². The van der Waals surface area contributed by atoms with Crippen LogP contribution in [0.25, 0.3) is 0 Å². The molecule has 16 heavy (non-hydrogen) atoms. The maximum Gasteiger partial charge on any atom is 0.0991 e. The summed E-state index contributed by atoms with van der Waals surface area (Å²) < 4.78 is 0. The molecule has 0 amide bonds. The Bertz CT molecular complexity index is 380. The van der Waals surface area contributed by atoms with E-state index in [0.29, 0.717) is 0 Å². The zero-order valence-electron chi connectivity index (χ0n) is 9.52. The molecule has 2 rings (SSSR count). The van der Waals surface area contributed by atoms with E-state index in [4.69, 9.17) is 5.26 Å². The maximum atomic E-state index is 8.72. The van der Waals surface area contributed by atoms with Gasteiger partial charge in [0, 0.05) is 30.6 Å². The van der Waals surface area contributed by atoms with E-state index in [9.17, 15) is 0 Å². The van der Waals surface area contributed by atoms with Crippen LogP contribution in [0, 0.1) is 11.3 Å². The van der Waals surface area contributed by atoms with E-state index in [-0.39, 0.29) is 0 Å². The van der Waals surface area contributed by atoms with Gasteiger partial charge in [-0.3, -0.25) is 4.90 Å². The van der Waals surface area contributed by atoms with Crippen LogP contribution in [0.4, 0.5) is 0 Å². The molecule has 1 heterocycles. The van der Waals surface area contributed by atoms with Crippen molar-refractivity contribution in [1.82, 2.24) is 4.90 Å². The Kier molecular flexibility index (Phi) is 3.87. The minimum absolute atomic E-state index is 0.742. The van der Waals surface area contributed by atoms with E-state index in [1.807, 2.05) is 12.1 Å². The highest BCUT2D eigenvalue weighted by atomic mass is 32.2. The molecule has 0 bridgehead atoms. The van der Waals surface area contributed by atoms with Crippen molar-refractivity contribution in [2.75, 3.05) is 18.8 Å². The molecule has 1 aromatic rings. The van der Waals surface area contributed by atoms with Gasteiger partial charge in [-0.15, -0.1) is 0 Å². The van der Waals surface area contributed by atoms with E-state index in [1.54, 1.807) is 0 Å².